The average Bonchev–Trinajstić information content (AvgIpc) is 2.86. The van der Waals surface area contributed by atoms with Crippen LogP contribution in [0.25, 0.3) is 0 Å². The van der Waals surface area contributed by atoms with E-state index in [1.165, 1.54) is 0 Å². The molecule has 9 atom stereocenters. The van der Waals surface area contributed by atoms with E-state index in [1.54, 1.807) is 0 Å². The Balaban J connectivity index is 0. The van der Waals surface area contributed by atoms with Crippen LogP contribution in [0.3, 0.4) is 0 Å². The Morgan fingerprint density at radius 3 is 1.83 bits per heavy atom. The molecule has 2 aliphatic rings. The molecule has 12 N–H and O–H groups in total. The molecule has 0 aromatic rings. The molecule has 0 saturated carbocycles. The molecule has 2 rings (SSSR count). The van der Waals surface area contributed by atoms with Gasteiger partial charge in [-0.15, -0.1) is 0 Å². The van der Waals surface area contributed by atoms with E-state index in [9.17, 15) is 39.1 Å². The zero-order valence-electron chi connectivity index (χ0n) is 14.7. The summed E-state index contributed by atoms with van der Waals surface area (Å²) < 4.78 is 50.7. The van der Waals surface area contributed by atoms with E-state index < -0.39 is 85.0 Å². The summed E-state index contributed by atoms with van der Waals surface area (Å²) in [5.41, 5.74) is 0. The van der Waals surface area contributed by atoms with Gasteiger partial charge in [0.15, 0.2) is 12.4 Å². The molecule has 0 spiro atoms. The van der Waals surface area contributed by atoms with Gasteiger partial charge in [-0.05, 0) is 0 Å². The summed E-state index contributed by atoms with van der Waals surface area (Å²) in [7, 11) is -5.19. The van der Waals surface area contributed by atoms with Crippen LogP contribution in [0.2, 0.25) is 0 Å². The molecule has 0 amide bonds. The standard InChI is InChI=1S/C12H22O14S.Ca.2H2O.2H/c13-1-4-6(16)8(18)9(19)11(23-4)25-12(3-15)10(26-27(20,21)22)7(17)5(2-14)24-12;;;;;/h4-11,13-19H,1-3H2,(H,20,21,22);;2*1H2;;/t4-,5-,6-,7-,8+,9-,10+,11-,12+;;;;;/m1...../s1. The first-order valence-corrected chi connectivity index (χ1v) is 9.07. The van der Waals surface area contributed by atoms with Crippen molar-refractivity contribution in [1.29, 1.82) is 0 Å². The van der Waals surface area contributed by atoms with Gasteiger partial charge in [-0.1, -0.05) is 0 Å². The summed E-state index contributed by atoms with van der Waals surface area (Å²) in [4.78, 5) is 0. The zero-order chi connectivity index (χ0) is 20.6. The Labute approximate surface area is 200 Å². The third kappa shape index (κ3) is 6.83. The van der Waals surface area contributed by atoms with Gasteiger partial charge in [-0.3, -0.25) is 4.55 Å². The molecule has 0 bridgehead atoms. The molecule has 0 aromatic carbocycles. The molecule has 2 saturated heterocycles. The van der Waals surface area contributed by atoms with E-state index in [-0.39, 0.29) is 48.7 Å². The monoisotopic (exact) mass is 500 g/mol. The van der Waals surface area contributed by atoms with E-state index in [2.05, 4.69) is 4.18 Å². The molecule has 0 unspecified atom stereocenters. The number of ether oxygens (including phenoxy) is 3. The number of hydrogen-bond donors (Lipinski definition) is 8. The molecule has 2 heterocycles. The van der Waals surface area contributed by atoms with Gasteiger partial charge in [0, 0.05) is 0 Å². The van der Waals surface area contributed by atoms with E-state index in [4.69, 9.17) is 23.9 Å². The molecule has 0 radical (unpaired) electrons. The van der Waals surface area contributed by atoms with E-state index >= 15 is 0 Å². The Bertz CT molecular complexity index is 605. The second-order valence-corrected chi connectivity index (χ2v) is 7.11. The molecule has 0 aliphatic carbocycles. The maximum absolute atomic E-state index is 11.1. The SMILES string of the molecule is O.O.O=S(=O)(O)O[C@H]1[C@H](O)[C@@H](CO)O[C@@]1(CO)O[C@H]1O[C@H](CO)[C@@H](O)[C@H](O)[C@H]1O.[CaH2]. The Morgan fingerprint density at radius 2 is 1.40 bits per heavy atom. The Hall–Kier alpha value is 0.650. The van der Waals surface area contributed by atoms with Gasteiger partial charge in [-0.2, -0.15) is 8.42 Å². The van der Waals surface area contributed by atoms with Crippen LogP contribution in [-0.2, 0) is 28.8 Å². The zero-order valence-corrected chi connectivity index (χ0v) is 15.5. The summed E-state index contributed by atoms with van der Waals surface area (Å²) in [6, 6.07) is 0. The number of aliphatic hydroxyl groups excluding tert-OH is 7. The summed E-state index contributed by atoms with van der Waals surface area (Å²) in [5.74, 6) is -2.57. The van der Waals surface area contributed by atoms with Crippen molar-refractivity contribution in [2.45, 2.75) is 54.8 Å². The van der Waals surface area contributed by atoms with Crippen molar-refractivity contribution < 1.29 is 78.1 Å². The Kier molecular flexibility index (Phi) is 14.0. The maximum atomic E-state index is 11.1. The van der Waals surface area contributed by atoms with Gasteiger partial charge in [-0.25, -0.2) is 4.18 Å². The number of hydrogen-bond acceptors (Lipinski definition) is 13. The van der Waals surface area contributed by atoms with Crippen molar-refractivity contribution in [3.8, 4) is 0 Å². The molecule has 30 heavy (non-hydrogen) atoms. The van der Waals surface area contributed by atoms with Gasteiger partial charge >= 0.3 is 48.1 Å². The summed E-state index contributed by atoms with van der Waals surface area (Å²) >= 11 is 0. The van der Waals surface area contributed by atoms with Crippen LogP contribution in [0.15, 0.2) is 0 Å². The minimum atomic E-state index is -5.19. The van der Waals surface area contributed by atoms with Crippen LogP contribution >= 0.6 is 0 Å². The topological polar surface area (TPSA) is 296 Å². The fraction of sp³-hybridized carbons (Fsp3) is 1.00. The van der Waals surface area contributed by atoms with Crippen LogP contribution in [0.4, 0.5) is 0 Å². The second kappa shape index (κ2) is 12.8. The van der Waals surface area contributed by atoms with E-state index in [1.807, 2.05) is 0 Å². The van der Waals surface area contributed by atoms with Crippen LogP contribution in [0, 0.1) is 0 Å². The van der Waals surface area contributed by atoms with Gasteiger partial charge in [0.2, 0.25) is 5.79 Å². The third-order valence-electron chi connectivity index (χ3n) is 4.27. The average molecular weight is 500 g/mol. The first-order valence-electron chi connectivity index (χ1n) is 7.71. The molecule has 16 nitrogen and oxygen atoms in total. The van der Waals surface area contributed by atoms with Crippen molar-refractivity contribution in [1.82, 2.24) is 0 Å². The van der Waals surface area contributed by atoms with Crippen molar-refractivity contribution in [3.05, 3.63) is 0 Å². The van der Waals surface area contributed by atoms with Crippen molar-refractivity contribution in [3.63, 3.8) is 0 Å². The van der Waals surface area contributed by atoms with Gasteiger partial charge in [0.05, 0.1) is 13.2 Å². The number of aliphatic hydroxyl groups is 7. The quantitative estimate of drug-likeness (QED) is 0.119. The predicted octanol–water partition coefficient (Wildman–Crippen LogP) is -8.13. The molecule has 0 aromatic heterocycles. The molecule has 2 aliphatic heterocycles. The fourth-order valence-electron chi connectivity index (χ4n) is 2.88. The molecule has 2 fully saturated rings. The normalized spacial score (nSPS) is 41.3. The van der Waals surface area contributed by atoms with Gasteiger partial charge < -0.3 is 60.9 Å². The van der Waals surface area contributed by atoms with E-state index in [0.29, 0.717) is 0 Å². The third-order valence-corrected chi connectivity index (χ3v) is 4.72. The van der Waals surface area contributed by atoms with E-state index in [0.717, 1.165) is 0 Å². The first kappa shape index (κ1) is 32.8. The fourth-order valence-corrected chi connectivity index (χ4v) is 3.40. The summed E-state index contributed by atoms with van der Waals surface area (Å²) in [6.07, 6.45) is -14.4. The van der Waals surface area contributed by atoms with Crippen LogP contribution in [0.1, 0.15) is 0 Å². The van der Waals surface area contributed by atoms with Gasteiger partial charge in [0.1, 0.15) is 43.2 Å². The number of rotatable bonds is 7. The first-order chi connectivity index (χ1) is 12.5. The van der Waals surface area contributed by atoms with Crippen LogP contribution in [0.5, 0.6) is 0 Å². The van der Waals surface area contributed by atoms with Crippen molar-refractivity contribution in [2.75, 3.05) is 19.8 Å². The van der Waals surface area contributed by atoms with Crippen LogP contribution < -0.4 is 0 Å². The van der Waals surface area contributed by atoms with Crippen molar-refractivity contribution >= 4 is 48.1 Å². The Morgan fingerprint density at radius 1 is 0.867 bits per heavy atom. The summed E-state index contributed by atoms with van der Waals surface area (Å²) in [5, 5.41) is 67.6. The second-order valence-electron chi connectivity index (χ2n) is 6.06. The van der Waals surface area contributed by atoms with Crippen LogP contribution in [-0.4, -0.2) is 172 Å². The summed E-state index contributed by atoms with van der Waals surface area (Å²) in [6.45, 7) is -2.88. The molecular formula is C12H28CaO16S. The molecule has 180 valence electrons. The van der Waals surface area contributed by atoms with Gasteiger partial charge in [0.25, 0.3) is 0 Å². The molecule has 18 heteroatoms. The minimum absolute atomic E-state index is 0. The van der Waals surface area contributed by atoms with Crippen molar-refractivity contribution in [2.24, 2.45) is 0 Å². The molecular weight excluding hydrogens is 472 g/mol. The predicted molar refractivity (Wildman–Crippen MR) is 94.8 cm³/mol.